The lowest BCUT2D eigenvalue weighted by molar-refractivity contribution is 0.614. The Hall–Kier alpha value is -1.43. The Kier molecular flexibility index (Phi) is 2.91. The van der Waals surface area contributed by atoms with Crippen molar-refractivity contribution in [1.82, 2.24) is 19.1 Å². The molecular weight excluding hydrogens is 224 g/mol. The van der Waals surface area contributed by atoms with E-state index in [4.69, 9.17) is 12.2 Å². The molecule has 0 aliphatic carbocycles. The van der Waals surface area contributed by atoms with Crippen molar-refractivity contribution in [3.8, 4) is 0 Å². The summed E-state index contributed by atoms with van der Waals surface area (Å²) in [6.45, 7) is 2.76. The van der Waals surface area contributed by atoms with Crippen molar-refractivity contribution >= 4 is 23.4 Å². The first-order valence-electron chi connectivity index (χ1n) is 5.29. The molecule has 0 spiro atoms. The zero-order valence-electron chi connectivity index (χ0n) is 9.36. The highest BCUT2D eigenvalue weighted by molar-refractivity contribution is 7.71. The molecule has 0 saturated carbocycles. The number of rotatable bonds is 3. The van der Waals surface area contributed by atoms with Crippen LogP contribution in [0, 0.1) is 4.64 Å². The maximum absolute atomic E-state index is 11.8. The first kappa shape index (κ1) is 11.1. The van der Waals surface area contributed by atoms with E-state index < -0.39 is 0 Å². The highest BCUT2D eigenvalue weighted by Crippen LogP contribution is 2.10. The quantitative estimate of drug-likeness (QED) is 0.826. The topological polar surface area (TPSA) is 55.6 Å². The van der Waals surface area contributed by atoms with Crippen LogP contribution >= 0.6 is 12.2 Å². The number of nitrogens with one attached hydrogen (secondary N) is 1. The predicted molar refractivity (Wildman–Crippen MR) is 65.1 cm³/mol. The van der Waals surface area contributed by atoms with Gasteiger partial charge in [-0.1, -0.05) is 25.6 Å². The molecule has 0 bridgehead atoms. The molecule has 1 N–H and O–H groups in total. The monoisotopic (exact) mass is 238 g/mol. The average molecular weight is 238 g/mol. The molecule has 2 rings (SSSR count). The summed E-state index contributed by atoms with van der Waals surface area (Å²) in [5, 5.41) is 0. The average Bonchev–Trinajstić information content (AvgIpc) is 2.61. The summed E-state index contributed by atoms with van der Waals surface area (Å²) < 4.78 is 3.93. The van der Waals surface area contributed by atoms with Crippen LogP contribution in [0.3, 0.4) is 0 Å². The van der Waals surface area contributed by atoms with Crippen molar-refractivity contribution in [2.45, 2.75) is 26.3 Å². The minimum Gasteiger partial charge on any atom is -0.330 e. The number of hydrogen-bond donors (Lipinski definition) is 1. The zero-order valence-corrected chi connectivity index (χ0v) is 10.2. The lowest BCUT2D eigenvalue weighted by atomic mass is 10.3. The molecule has 2 heterocycles. The third-order valence-corrected chi connectivity index (χ3v) is 2.88. The number of aromatic nitrogens is 4. The van der Waals surface area contributed by atoms with Gasteiger partial charge in [0.25, 0.3) is 0 Å². The Bertz CT molecular complexity index is 622. The fourth-order valence-corrected chi connectivity index (χ4v) is 2.04. The maximum Gasteiger partial charge on any atom is 0.328 e. The second kappa shape index (κ2) is 4.21. The Morgan fingerprint density at radius 3 is 3.00 bits per heavy atom. The van der Waals surface area contributed by atoms with Crippen LogP contribution in [-0.4, -0.2) is 19.1 Å². The van der Waals surface area contributed by atoms with E-state index in [1.807, 2.05) is 11.6 Å². The van der Waals surface area contributed by atoms with Crippen LogP contribution in [0.15, 0.2) is 11.1 Å². The molecule has 0 amide bonds. The van der Waals surface area contributed by atoms with Gasteiger partial charge in [0.1, 0.15) is 10.2 Å². The summed E-state index contributed by atoms with van der Waals surface area (Å²) in [5.41, 5.74) is 1.31. The standard InChI is InChI=1S/C10H14N4OS/c1-3-4-5-14-8-7(13(2)6-11-8)9(16)12-10(14)15/h6H,3-5H2,1-2H3,(H,12,15,16). The molecule has 0 aliphatic heterocycles. The first-order chi connectivity index (χ1) is 7.65. The summed E-state index contributed by atoms with van der Waals surface area (Å²) in [4.78, 5) is 18.7. The Balaban J connectivity index is 2.72. The highest BCUT2D eigenvalue weighted by Gasteiger charge is 2.09. The molecule has 86 valence electrons. The SMILES string of the molecule is CCCCn1c(=O)[nH]c(=S)c2c1ncn2C. The van der Waals surface area contributed by atoms with Gasteiger partial charge in [-0.3, -0.25) is 9.55 Å². The fraction of sp³-hybridized carbons (Fsp3) is 0.500. The van der Waals surface area contributed by atoms with Crippen molar-refractivity contribution in [3.63, 3.8) is 0 Å². The van der Waals surface area contributed by atoms with Gasteiger partial charge >= 0.3 is 5.69 Å². The van der Waals surface area contributed by atoms with E-state index in [9.17, 15) is 4.79 Å². The van der Waals surface area contributed by atoms with Crippen LogP contribution in [0.2, 0.25) is 0 Å². The largest absolute Gasteiger partial charge is 0.330 e. The molecule has 5 nitrogen and oxygen atoms in total. The number of fused-ring (bicyclic) bond motifs is 1. The number of aromatic amines is 1. The molecule has 6 heteroatoms. The van der Waals surface area contributed by atoms with Crippen LogP contribution in [0.25, 0.3) is 11.2 Å². The van der Waals surface area contributed by atoms with Crippen LogP contribution in [0.1, 0.15) is 19.8 Å². The van der Waals surface area contributed by atoms with E-state index >= 15 is 0 Å². The predicted octanol–water partition coefficient (Wildman–Crippen LogP) is 1.59. The van der Waals surface area contributed by atoms with E-state index in [1.165, 1.54) is 0 Å². The van der Waals surface area contributed by atoms with Gasteiger partial charge < -0.3 is 4.57 Å². The summed E-state index contributed by atoms with van der Waals surface area (Å²) in [7, 11) is 1.87. The van der Waals surface area contributed by atoms with Gasteiger partial charge in [0.15, 0.2) is 5.65 Å². The molecule has 16 heavy (non-hydrogen) atoms. The third-order valence-electron chi connectivity index (χ3n) is 2.59. The third kappa shape index (κ3) is 1.69. The van der Waals surface area contributed by atoms with Gasteiger partial charge in [-0.25, -0.2) is 9.78 Å². The van der Waals surface area contributed by atoms with Crippen LogP contribution in [0.4, 0.5) is 0 Å². The van der Waals surface area contributed by atoms with Crippen molar-refractivity contribution in [1.29, 1.82) is 0 Å². The van der Waals surface area contributed by atoms with Crippen LogP contribution in [-0.2, 0) is 13.6 Å². The number of unbranched alkanes of at least 4 members (excludes halogenated alkanes) is 1. The van der Waals surface area contributed by atoms with Crippen LogP contribution < -0.4 is 5.69 Å². The second-order valence-corrected chi connectivity index (χ2v) is 4.20. The molecule has 0 unspecified atom stereocenters. The fourth-order valence-electron chi connectivity index (χ4n) is 1.72. The van der Waals surface area contributed by atoms with Crippen molar-refractivity contribution in [2.24, 2.45) is 7.05 Å². The number of aryl methyl sites for hydroxylation is 2. The van der Waals surface area contributed by atoms with Gasteiger partial charge in [-0.2, -0.15) is 0 Å². The van der Waals surface area contributed by atoms with Crippen molar-refractivity contribution < 1.29 is 0 Å². The van der Waals surface area contributed by atoms with Gasteiger partial charge in [0, 0.05) is 13.6 Å². The minimum atomic E-state index is -0.176. The molecule has 0 radical (unpaired) electrons. The number of H-pyrrole nitrogens is 1. The second-order valence-electron chi connectivity index (χ2n) is 3.79. The summed E-state index contributed by atoms with van der Waals surface area (Å²) in [5.74, 6) is 0. The van der Waals surface area contributed by atoms with Gasteiger partial charge in [0.2, 0.25) is 0 Å². The Morgan fingerprint density at radius 1 is 1.56 bits per heavy atom. The number of nitrogens with zero attached hydrogens (tertiary/aromatic N) is 3. The molecule has 0 saturated heterocycles. The normalized spacial score (nSPS) is 11.1. The molecule has 0 aromatic carbocycles. The Morgan fingerprint density at radius 2 is 2.31 bits per heavy atom. The first-order valence-corrected chi connectivity index (χ1v) is 5.70. The smallest absolute Gasteiger partial charge is 0.328 e. The minimum absolute atomic E-state index is 0.176. The summed E-state index contributed by atoms with van der Waals surface area (Å²) >= 11 is 5.12. The lowest BCUT2D eigenvalue weighted by Gasteiger charge is -2.05. The van der Waals surface area contributed by atoms with Crippen molar-refractivity contribution in [2.75, 3.05) is 0 Å². The molecule has 0 atom stereocenters. The maximum atomic E-state index is 11.8. The van der Waals surface area contributed by atoms with E-state index in [0.29, 0.717) is 16.8 Å². The number of hydrogen-bond acceptors (Lipinski definition) is 3. The lowest BCUT2D eigenvalue weighted by Crippen LogP contribution is -2.24. The zero-order chi connectivity index (χ0) is 11.7. The molecule has 2 aromatic heterocycles. The number of imidazole rings is 1. The van der Waals surface area contributed by atoms with E-state index in [1.54, 1.807) is 10.9 Å². The molecule has 0 fully saturated rings. The molecule has 2 aromatic rings. The van der Waals surface area contributed by atoms with Crippen molar-refractivity contribution in [3.05, 3.63) is 21.5 Å². The van der Waals surface area contributed by atoms with E-state index in [2.05, 4.69) is 16.9 Å². The van der Waals surface area contributed by atoms with Gasteiger partial charge in [-0.15, -0.1) is 0 Å². The summed E-state index contributed by atoms with van der Waals surface area (Å²) in [6, 6.07) is 0. The van der Waals surface area contributed by atoms with Gasteiger partial charge in [0.05, 0.1) is 6.33 Å². The van der Waals surface area contributed by atoms with E-state index in [0.717, 1.165) is 18.4 Å². The van der Waals surface area contributed by atoms with E-state index in [-0.39, 0.29) is 5.69 Å². The van der Waals surface area contributed by atoms with Crippen LogP contribution in [0.5, 0.6) is 0 Å². The molecule has 0 aliphatic rings. The summed E-state index contributed by atoms with van der Waals surface area (Å²) in [6.07, 6.45) is 3.67. The highest BCUT2D eigenvalue weighted by atomic mass is 32.1. The Labute approximate surface area is 97.7 Å². The van der Waals surface area contributed by atoms with Gasteiger partial charge in [-0.05, 0) is 6.42 Å². The molecular formula is C10H14N4OS.